The van der Waals surface area contributed by atoms with E-state index in [1.54, 1.807) is 6.92 Å². The zero-order chi connectivity index (χ0) is 24.5. The van der Waals surface area contributed by atoms with Crippen LogP contribution in [0.2, 0.25) is 6.04 Å². The molecule has 0 saturated heterocycles. The fraction of sp³-hybridized carbons (Fsp3) is 0.750. The van der Waals surface area contributed by atoms with Crippen LogP contribution in [0.25, 0.3) is 0 Å². The van der Waals surface area contributed by atoms with Crippen molar-refractivity contribution in [1.29, 1.82) is 0 Å². The molecular formula is C20H38CoO9Si-2. The number of rotatable bonds is 17. The molecule has 0 saturated carbocycles. The molecule has 0 aliphatic heterocycles. The number of esters is 1. The number of hydrogen-bond donors (Lipinski definition) is 0. The summed E-state index contributed by atoms with van der Waals surface area (Å²) in [5.41, 5.74) is 0. The third-order valence-electron chi connectivity index (χ3n) is 3.38. The molecule has 9 nitrogen and oxygen atoms in total. The van der Waals surface area contributed by atoms with Crippen molar-refractivity contribution in [3.63, 3.8) is 0 Å². The van der Waals surface area contributed by atoms with Gasteiger partial charge in [-0.1, -0.05) is 20.0 Å². The Morgan fingerprint density at radius 1 is 0.968 bits per heavy atom. The summed E-state index contributed by atoms with van der Waals surface area (Å²) in [6, 6.07) is 0.554. The Hall–Kier alpha value is -0.957. The number of ether oxygens (including phenoxy) is 3. The fourth-order valence-electron chi connectivity index (χ4n) is 1.98. The molecule has 0 radical (unpaired) electrons. The maximum absolute atomic E-state index is 11.1. The van der Waals surface area contributed by atoms with Gasteiger partial charge < -0.3 is 41.0 Å². The molecule has 0 aromatic rings. The molecule has 0 aromatic carbocycles. The molecule has 0 bridgehead atoms. The second-order valence-electron chi connectivity index (χ2n) is 6.09. The average molecular weight is 510 g/mol. The number of carbonyl (C=O) groups excluding carboxylic acids is 2. The Kier molecular flexibility index (Phi) is 28.3. The average Bonchev–Trinajstić information content (AvgIpc) is 2.73. The zero-order valence-corrected chi connectivity index (χ0v) is 21.4. The normalized spacial score (nSPS) is 10.2. The van der Waals surface area contributed by atoms with E-state index in [0.29, 0.717) is 31.4 Å². The van der Waals surface area contributed by atoms with Gasteiger partial charge in [0.25, 0.3) is 0 Å². The van der Waals surface area contributed by atoms with Crippen LogP contribution in [0.1, 0.15) is 46.5 Å². The Bertz CT molecular complexity index is 456. The van der Waals surface area contributed by atoms with Gasteiger partial charge in [0.15, 0.2) is 0 Å². The summed E-state index contributed by atoms with van der Waals surface area (Å²) in [7, 11) is 0.267. The van der Waals surface area contributed by atoms with Gasteiger partial charge in [-0.3, -0.25) is 9.59 Å². The summed E-state index contributed by atoms with van der Waals surface area (Å²) >= 11 is 2.31. The van der Waals surface area contributed by atoms with Gasteiger partial charge in [-0.2, -0.15) is 0 Å². The van der Waals surface area contributed by atoms with E-state index in [9.17, 15) is 9.59 Å². The standard InChI is InChI=1S/C14H25O7Si.C6H13O.Co.O/c1-12(2)21-22(17-4,18-5)10-6-7-19-8-9-20-14(16)11-13(3)15;1-3-5-6-7-4-2;;/h1H,6-11H2,2-5H3;2-6H2,1H3;;/q2*-1;;. The van der Waals surface area contributed by atoms with E-state index in [4.69, 9.17) is 37.9 Å². The van der Waals surface area contributed by atoms with Crippen LogP contribution >= 0.6 is 0 Å². The fourth-order valence-corrected chi connectivity index (χ4v) is 3.89. The first-order valence-corrected chi connectivity index (χ1v) is 12.2. The summed E-state index contributed by atoms with van der Waals surface area (Å²) < 4.78 is 39.2. The van der Waals surface area contributed by atoms with E-state index in [1.807, 2.05) is 0 Å². The van der Waals surface area contributed by atoms with Crippen LogP contribution in [-0.4, -0.2) is 67.8 Å². The first kappa shape index (κ1) is 34.7. The van der Waals surface area contributed by atoms with E-state index in [0.717, 1.165) is 13.0 Å². The third-order valence-corrected chi connectivity index (χ3v) is 6.22. The quantitative estimate of drug-likeness (QED) is 0.0730. The summed E-state index contributed by atoms with van der Waals surface area (Å²) in [4.78, 5) is 21.8. The van der Waals surface area contributed by atoms with Crippen LogP contribution in [0.3, 0.4) is 0 Å². The minimum absolute atomic E-state index is 0.120. The van der Waals surface area contributed by atoms with Gasteiger partial charge in [-0.05, 0) is 26.7 Å². The molecule has 0 amide bonds. The number of hydrogen-bond acceptors (Lipinski definition) is 9. The molecule has 0 spiro atoms. The molecular weight excluding hydrogens is 471 g/mol. The van der Waals surface area contributed by atoms with Crippen molar-refractivity contribution in [2.24, 2.45) is 0 Å². The monoisotopic (exact) mass is 509 g/mol. The molecule has 0 fully saturated rings. The minimum atomic E-state index is -2.78. The first-order chi connectivity index (χ1) is 14.8. The van der Waals surface area contributed by atoms with E-state index in [2.05, 4.69) is 29.5 Å². The number of unbranched alkanes of at least 4 members (excludes halogenated alkanes) is 1. The second-order valence-corrected chi connectivity index (χ2v) is 8.97. The van der Waals surface area contributed by atoms with Crippen molar-refractivity contribution in [2.75, 3.05) is 47.3 Å². The van der Waals surface area contributed by atoms with E-state index in [-0.39, 0.29) is 25.4 Å². The van der Waals surface area contributed by atoms with Crippen LogP contribution in [0.4, 0.5) is 0 Å². The molecule has 0 N–H and O–H groups in total. The Morgan fingerprint density at radius 2 is 1.55 bits per heavy atom. The van der Waals surface area contributed by atoms with Crippen LogP contribution < -0.4 is 0 Å². The Labute approximate surface area is 196 Å². The molecule has 0 aliphatic carbocycles. The van der Waals surface area contributed by atoms with Gasteiger partial charge in [0.05, 0.1) is 6.61 Å². The van der Waals surface area contributed by atoms with E-state index in [1.165, 1.54) is 27.6 Å². The van der Waals surface area contributed by atoms with Crippen molar-refractivity contribution in [2.45, 2.75) is 52.5 Å². The Morgan fingerprint density at radius 3 is 2.00 bits per heavy atom. The van der Waals surface area contributed by atoms with Crippen molar-refractivity contribution in [3.8, 4) is 0 Å². The van der Waals surface area contributed by atoms with Crippen molar-refractivity contribution < 1.29 is 56.6 Å². The predicted molar refractivity (Wildman–Crippen MR) is 113 cm³/mol. The SMILES string of the molecule is [CH-]=C(C)O[Si](CCCOCCOC(=O)CC(C)=O)(OC)OC.[CH2-]COCCCC.[O]=[Co]. The predicted octanol–water partition coefficient (Wildman–Crippen LogP) is 3.02. The van der Waals surface area contributed by atoms with Gasteiger partial charge in [0.2, 0.25) is 0 Å². The van der Waals surface area contributed by atoms with Crippen LogP contribution in [0, 0.1) is 13.5 Å². The van der Waals surface area contributed by atoms with Crippen LogP contribution in [-0.2, 0) is 56.6 Å². The number of allylic oxidation sites excluding steroid dienone is 1. The van der Waals surface area contributed by atoms with E-state index >= 15 is 0 Å². The van der Waals surface area contributed by atoms with Crippen LogP contribution in [0.15, 0.2) is 5.76 Å². The van der Waals surface area contributed by atoms with Crippen molar-refractivity contribution in [3.05, 3.63) is 19.3 Å². The third kappa shape index (κ3) is 25.2. The zero-order valence-electron chi connectivity index (χ0n) is 19.4. The van der Waals surface area contributed by atoms with Gasteiger partial charge in [0, 0.05) is 33.5 Å². The molecule has 0 aromatic heterocycles. The molecule has 187 valence electrons. The Balaban J connectivity index is -0.000000733. The topological polar surface area (TPSA) is 107 Å². The van der Waals surface area contributed by atoms with Gasteiger partial charge in [0.1, 0.15) is 18.8 Å². The first-order valence-electron chi connectivity index (χ1n) is 9.88. The number of carbonyl (C=O) groups is 2. The second kappa shape index (κ2) is 25.3. The maximum atomic E-state index is 11.1. The van der Waals surface area contributed by atoms with Gasteiger partial charge >= 0.3 is 34.3 Å². The molecule has 11 heteroatoms. The van der Waals surface area contributed by atoms with Crippen LogP contribution in [0.5, 0.6) is 0 Å². The molecule has 0 rings (SSSR count). The summed E-state index contributed by atoms with van der Waals surface area (Å²) in [5.74, 6) is -0.462. The summed E-state index contributed by atoms with van der Waals surface area (Å²) in [5, 5.41) is 0. The molecule has 31 heavy (non-hydrogen) atoms. The molecule has 0 aliphatic rings. The van der Waals surface area contributed by atoms with Gasteiger partial charge in [-0.25, -0.2) is 0 Å². The molecule has 0 atom stereocenters. The summed E-state index contributed by atoms with van der Waals surface area (Å²) in [6.45, 7) is 16.5. The van der Waals surface area contributed by atoms with Crippen molar-refractivity contribution >= 4 is 20.6 Å². The van der Waals surface area contributed by atoms with Gasteiger partial charge in [-0.15, -0.1) is 5.76 Å². The number of Topliss-reactive ketones (excluding diaryl/α,β-unsaturated/α-hetero) is 1. The number of ketones is 1. The van der Waals surface area contributed by atoms with E-state index < -0.39 is 14.8 Å². The van der Waals surface area contributed by atoms with Crippen molar-refractivity contribution in [1.82, 2.24) is 0 Å². The summed E-state index contributed by atoms with van der Waals surface area (Å²) in [6.07, 6.45) is 2.82. The molecule has 0 unspecified atom stereocenters. The molecule has 0 heterocycles.